The molecule has 4 nitrogen and oxygen atoms in total. The van der Waals surface area contributed by atoms with E-state index in [1.54, 1.807) is 0 Å². The smallest absolute Gasteiger partial charge is 0.239 e. The maximum Gasteiger partial charge on any atom is 0.239 e. The van der Waals surface area contributed by atoms with Crippen molar-refractivity contribution in [1.29, 1.82) is 0 Å². The van der Waals surface area contributed by atoms with Crippen LogP contribution >= 0.6 is 0 Å². The van der Waals surface area contributed by atoms with Crippen LogP contribution in [0.15, 0.2) is 36.9 Å². The summed E-state index contributed by atoms with van der Waals surface area (Å²) in [5.74, 6) is 0.133. The minimum absolute atomic E-state index is 0.133. The molecule has 0 spiro atoms. The average Bonchev–Trinajstić information content (AvgIpc) is 2.53. The van der Waals surface area contributed by atoms with E-state index in [9.17, 15) is 4.79 Å². The van der Waals surface area contributed by atoms with Crippen LogP contribution < -0.4 is 5.32 Å². The standard InChI is InChI=1S/C16H22N2O2/c1-13(15-6-4-3-5-7-15)12-17-14(2)16(19)18-8-10-20-11-9-18/h3-7,14,17H,1,8-12H2,2H3. The number of rotatable bonds is 5. The quantitative estimate of drug-likeness (QED) is 0.885. The van der Waals surface area contributed by atoms with E-state index in [4.69, 9.17) is 4.74 Å². The minimum Gasteiger partial charge on any atom is -0.378 e. The summed E-state index contributed by atoms with van der Waals surface area (Å²) in [5, 5.41) is 3.25. The van der Waals surface area contributed by atoms with Crippen LogP contribution in [0.4, 0.5) is 0 Å². The SMILES string of the molecule is C=C(CNC(C)C(=O)N1CCOCC1)c1ccccc1. The van der Waals surface area contributed by atoms with Crippen molar-refractivity contribution in [1.82, 2.24) is 10.2 Å². The van der Waals surface area contributed by atoms with Gasteiger partial charge in [0.15, 0.2) is 0 Å². The fraction of sp³-hybridized carbons (Fsp3) is 0.438. The third-order valence-corrected chi connectivity index (χ3v) is 3.50. The van der Waals surface area contributed by atoms with E-state index < -0.39 is 0 Å². The highest BCUT2D eigenvalue weighted by atomic mass is 16.5. The second kappa shape index (κ2) is 7.22. The molecule has 0 aromatic heterocycles. The largest absolute Gasteiger partial charge is 0.378 e. The zero-order chi connectivity index (χ0) is 14.4. The van der Waals surface area contributed by atoms with Gasteiger partial charge in [-0.1, -0.05) is 36.9 Å². The Balaban J connectivity index is 1.81. The predicted octanol–water partition coefficient (Wildman–Crippen LogP) is 1.54. The lowest BCUT2D eigenvalue weighted by Gasteiger charge is -2.29. The van der Waals surface area contributed by atoms with Crippen LogP contribution in [-0.2, 0) is 9.53 Å². The number of carbonyl (C=O) groups excluding carboxylic acids is 1. The zero-order valence-electron chi connectivity index (χ0n) is 12.0. The van der Waals surface area contributed by atoms with Crippen LogP contribution in [0, 0.1) is 0 Å². The molecule has 1 unspecified atom stereocenters. The number of ether oxygens (including phenoxy) is 1. The van der Waals surface area contributed by atoms with Crippen LogP contribution in [0.25, 0.3) is 5.57 Å². The van der Waals surface area contributed by atoms with Crippen molar-refractivity contribution in [2.75, 3.05) is 32.8 Å². The molecule has 20 heavy (non-hydrogen) atoms. The van der Waals surface area contributed by atoms with Crippen molar-refractivity contribution in [3.05, 3.63) is 42.5 Å². The van der Waals surface area contributed by atoms with Gasteiger partial charge in [0.05, 0.1) is 19.3 Å². The van der Waals surface area contributed by atoms with Gasteiger partial charge in [0.25, 0.3) is 0 Å². The molecule has 1 aliphatic heterocycles. The third kappa shape index (κ3) is 3.92. The maximum atomic E-state index is 12.2. The highest BCUT2D eigenvalue weighted by molar-refractivity contribution is 5.82. The van der Waals surface area contributed by atoms with Gasteiger partial charge >= 0.3 is 0 Å². The summed E-state index contributed by atoms with van der Waals surface area (Å²) in [6.45, 7) is 9.21. The van der Waals surface area contributed by atoms with Crippen LogP contribution in [0.2, 0.25) is 0 Å². The first kappa shape index (κ1) is 14.8. The molecule has 0 aliphatic carbocycles. The number of morpholine rings is 1. The van der Waals surface area contributed by atoms with Gasteiger partial charge < -0.3 is 15.0 Å². The minimum atomic E-state index is -0.200. The van der Waals surface area contributed by atoms with E-state index in [1.165, 1.54) is 0 Å². The maximum absolute atomic E-state index is 12.2. The Morgan fingerprint density at radius 2 is 2.00 bits per heavy atom. The topological polar surface area (TPSA) is 41.6 Å². The third-order valence-electron chi connectivity index (χ3n) is 3.50. The molecule has 1 saturated heterocycles. The van der Waals surface area contributed by atoms with E-state index in [2.05, 4.69) is 11.9 Å². The Morgan fingerprint density at radius 3 is 2.65 bits per heavy atom. The monoisotopic (exact) mass is 274 g/mol. The number of carbonyl (C=O) groups is 1. The molecule has 0 bridgehead atoms. The molecule has 2 rings (SSSR count). The summed E-state index contributed by atoms with van der Waals surface area (Å²) >= 11 is 0. The molecule has 108 valence electrons. The van der Waals surface area contributed by atoms with Gasteiger partial charge in [-0.2, -0.15) is 0 Å². The van der Waals surface area contributed by atoms with Gasteiger partial charge in [-0.05, 0) is 18.1 Å². The first-order chi connectivity index (χ1) is 9.68. The summed E-state index contributed by atoms with van der Waals surface area (Å²) in [6, 6.07) is 9.81. The molecule has 1 N–H and O–H groups in total. The first-order valence-corrected chi connectivity index (χ1v) is 7.01. The van der Waals surface area contributed by atoms with Gasteiger partial charge in [0, 0.05) is 19.6 Å². The number of benzene rings is 1. The molecule has 1 amide bonds. The Kier molecular flexibility index (Phi) is 5.32. The second-order valence-electron chi connectivity index (χ2n) is 5.01. The highest BCUT2D eigenvalue weighted by Gasteiger charge is 2.21. The van der Waals surface area contributed by atoms with Gasteiger partial charge in [0.1, 0.15) is 0 Å². The first-order valence-electron chi connectivity index (χ1n) is 7.01. The van der Waals surface area contributed by atoms with Crippen molar-refractivity contribution in [2.45, 2.75) is 13.0 Å². The Labute approximate surface area is 120 Å². The van der Waals surface area contributed by atoms with E-state index in [0.717, 1.165) is 11.1 Å². The summed E-state index contributed by atoms with van der Waals surface area (Å²) in [5.41, 5.74) is 2.10. The van der Waals surface area contributed by atoms with E-state index in [-0.39, 0.29) is 11.9 Å². The summed E-state index contributed by atoms with van der Waals surface area (Å²) in [4.78, 5) is 14.1. The number of nitrogens with one attached hydrogen (secondary N) is 1. The van der Waals surface area contributed by atoms with Gasteiger partial charge in [-0.15, -0.1) is 0 Å². The molecule has 1 aromatic rings. The number of nitrogens with zero attached hydrogens (tertiary/aromatic N) is 1. The molecule has 4 heteroatoms. The zero-order valence-corrected chi connectivity index (χ0v) is 12.0. The van der Waals surface area contributed by atoms with Crippen LogP contribution in [0.1, 0.15) is 12.5 Å². The highest BCUT2D eigenvalue weighted by Crippen LogP contribution is 2.10. The lowest BCUT2D eigenvalue weighted by molar-refractivity contribution is -0.137. The number of amides is 1. The van der Waals surface area contributed by atoms with E-state index in [1.807, 2.05) is 42.2 Å². The van der Waals surface area contributed by atoms with Crippen LogP contribution in [-0.4, -0.2) is 49.7 Å². The van der Waals surface area contributed by atoms with Gasteiger partial charge in [0.2, 0.25) is 5.91 Å². The van der Waals surface area contributed by atoms with Crippen molar-refractivity contribution in [3.8, 4) is 0 Å². The molecule has 1 atom stereocenters. The Bertz CT molecular complexity index is 453. The number of hydrogen-bond acceptors (Lipinski definition) is 3. The molecular formula is C16H22N2O2. The van der Waals surface area contributed by atoms with E-state index in [0.29, 0.717) is 32.8 Å². The van der Waals surface area contributed by atoms with Crippen molar-refractivity contribution in [2.24, 2.45) is 0 Å². The lowest BCUT2D eigenvalue weighted by Crippen LogP contribution is -2.49. The van der Waals surface area contributed by atoms with Crippen LogP contribution in [0.3, 0.4) is 0 Å². The number of hydrogen-bond donors (Lipinski definition) is 1. The second-order valence-corrected chi connectivity index (χ2v) is 5.01. The molecule has 1 aromatic carbocycles. The van der Waals surface area contributed by atoms with Gasteiger partial charge in [-0.3, -0.25) is 4.79 Å². The normalized spacial score (nSPS) is 16.8. The molecule has 1 fully saturated rings. The van der Waals surface area contributed by atoms with Crippen LogP contribution in [0.5, 0.6) is 0 Å². The van der Waals surface area contributed by atoms with Crippen molar-refractivity contribution >= 4 is 11.5 Å². The summed E-state index contributed by atoms with van der Waals surface area (Å²) in [6.07, 6.45) is 0. The fourth-order valence-electron chi connectivity index (χ4n) is 2.20. The van der Waals surface area contributed by atoms with Crippen molar-refractivity contribution < 1.29 is 9.53 Å². The summed E-state index contributed by atoms with van der Waals surface area (Å²) in [7, 11) is 0. The lowest BCUT2D eigenvalue weighted by atomic mass is 10.1. The molecule has 0 radical (unpaired) electrons. The van der Waals surface area contributed by atoms with E-state index >= 15 is 0 Å². The molecular weight excluding hydrogens is 252 g/mol. The Morgan fingerprint density at radius 1 is 1.35 bits per heavy atom. The average molecular weight is 274 g/mol. The molecule has 1 aliphatic rings. The van der Waals surface area contributed by atoms with Gasteiger partial charge in [-0.25, -0.2) is 0 Å². The molecule has 0 saturated carbocycles. The predicted molar refractivity (Wildman–Crippen MR) is 80.3 cm³/mol. The Hall–Kier alpha value is -1.65. The summed E-state index contributed by atoms with van der Waals surface area (Å²) < 4.78 is 5.26. The van der Waals surface area contributed by atoms with Crippen molar-refractivity contribution in [3.63, 3.8) is 0 Å². The fourth-order valence-corrected chi connectivity index (χ4v) is 2.20. The molecule has 1 heterocycles.